The van der Waals surface area contributed by atoms with E-state index in [0.717, 1.165) is 28.7 Å². The number of tetrazole rings is 1. The summed E-state index contributed by atoms with van der Waals surface area (Å²) >= 11 is 0. The third kappa shape index (κ3) is 6.11. The van der Waals surface area contributed by atoms with E-state index in [0.29, 0.717) is 49.2 Å². The molecule has 2 atom stereocenters. The van der Waals surface area contributed by atoms with Crippen LogP contribution in [0.1, 0.15) is 81.9 Å². The molecule has 46 heavy (non-hydrogen) atoms. The molecular weight excluding hydrogens is 582 g/mol. The molecule has 2 heterocycles. The molecule has 1 aromatic heterocycles. The Morgan fingerprint density at radius 2 is 1.61 bits per heavy atom. The smallest absolute Gasteiger partial charge is 0.253 e. The summed E-state index contributed by atoms with van der Waals surface area (Å²) in [7, 11) is 6.94. The number of amides is 3. The molecule has 0 bridgehead atoms. The first kappa shape index (κ1) is 32.8. The second-order valence-corrected chi connectivity index (χ2v) is 13.1. The Morgan fingerprint density at radius 3 is 2.09 bits per heavy atom. The zero-order valence-electron chi connectivity index (χ0n) is 27.5. The minimum atomic E-state index is -0.905. The minimum absolute atomic E-state index is 0.0896. The van der Waals surface area contributed by atoms with Crippen LogP contribution in [0.5, 0.6) is 0 Å². The van der Waals surface area contributed by atoms with Crippen molar-refractivity contribution in [3.05, 3.63) is 75.6 Å². The van der Waals surface area contributed by atoms with Crippen molar-refractivity contribution in [2.24, 2.45) is 5.92 Å². The summed E-state index contributed by atoms with van der Waals surface area (Å²) in [5.74, 6) is 0.371. The molecule has 2 aliphatic rings. The molecular formula is C34H43N9O3. The van der Waals surface area contributed by atoms with E-state index in [1.54, 1.807) is 42.9 Å². The van der Waals surface area contributed by atoms with Gasteiger partial charge in [0.15, 0.2) is 5.82 Å². The Morgan fingerprint density at radius 1 is 1.02 bits per heavy atom. The number of hydrogen-bond donors (Lipinski definition) is 2. The highest BCUT2D eigenvalue weighted by Crippen LogP contribution is 2.47. The van der Waals surface area contributed by atoms with E-state index >= 15 is 0 Å². The fourth-order valence-corrected chi connectivity index (χ4v) is 6.94. The second-order valence-electron chi connectivity index (χ2n) is 13.1. The van der Waals surface area contributed by atoms with Crippen LogP contribution in [0.2, 0.25) is 0 Å². The summed E-state index contributed by atoms with van der Waals surface area (Å²) in [4.78, 5) is 44.2. The lowest BCUT2D eigenvalue weighted by Gasteiger charge is -2.39. The van der Waals surface area contributed by atoms with Crippen molar-refractivity contribution in [2.45, 2.75) is 63.5 Å². The lowest BCUT2D eigenvalue weighted by Crippen LogP contribution is -2.48. The van der Waals surface area contributed by atoms with Crippen molar-refractivity contribution in [1.29, 1.82) is 5.26 Å². The molecule has 12 heteroatoms. The summed E-state index contributed by atoms with van der Waals surface area (Å²) in [6.45, 7) is 4.90. The maximum Gasteiger partial charge on any atom is 0.253 e. The summed E-state index contributed by atoms with van der Waals surface area (Å²) in [5, 5.41) is 28.7. The van der Waals surface area contributed by atoms with Crippen molar-refractivity contribution in [3.63, 3.8) is 0 Å². The molecule has 3 amide bonds. The Labute approximate surface area is 270 Å². The van der Waals surface area contributed by atoms with Gasteiger partial charge < -0.3 is 20.0 Å². The topological polar surface area (TPSA) is 151 Å². The summed E-state index contributed by atoms with van der Waals surface area (Å²) in [6, 6.07) is 13.3. The molecule has 1 aliphatic carbocycles. The highest BCUT2D eigenvalue weighted by Gasteiger charge is 2.46. The average Bonchev–Trinajstić information content (AvgIpc) is 3.74. The Kier molecular flexibility index (Phi) is 9.53. The summed E-state index contributed by atoms with van der Waals surface area (Å²) in [6.07, 6.45) is 3.29. The summed E-state index contributed by atoms with van der Waals surface area (Å²) < 4.78 is 0. The van der Waals surface area contributed by atoms with Gasteiger partial charge in [-0.15, -0.1) is 5.10 Å². The number of aryl methyl sites for hydroxylation is 2. The van der Waals surface area contributed by atoms with Gasteiger partial charge in [0, 0.05) is 51.9 Å². The zero-order chi connectivity index (χ0) is 33.2. The van der Waals surface area contributed by atoms with E-state index in [-0.39, 0.29) is 36.2 Å². The molecule has 1 saturated heterocycles. The van der Waals surface area contributed by atoms with Gasteiger partial charge in [-0.05, 0) is 95.0 Å². The van der Waals surface area contributed by atoms with Crippen LogP contribution < -0.4 is 5.32 Å². The van der Waals surface area contributed by atoms with Gasteiger partial charge >= 0.3 is 0 Å². The van der Waals surface area contributed by atoms with Crippen LogP contribution >= 0.6 is 0 Å². The maximum atomic E-state index is 13.3. The molecule has 1 fully saturated rings. The molecule has 2 N–H and O–H groups in total. The Balaban J connectivity index is 1.65. The molecule has 1 aliphatic heterocycles. The first-order chi connectivity index (χ1) is 22.0. The standard InChI is InChI=1S/C34H43N9O3/c1-21(2)29(36-20-30(44)43-15-7-8-26(43)19-35)18-34(33-37-39-40-38-33)27-13-11-24(31(45)41(3)4)16-22(27)9-10-23-17-25(12-14-28(23)34)32(46)42(5)6/h11-14,16-17,21,26,29,36H,7-10,15,18,20H2,1-6H3,(H,37,38,39,40)/t26-,29-/m0/s1. The number of benzene rings is 2. The quantitative estimate of drug-likeness (QED) is 0.368. The van der Waals surface area contributed by atoms with Crippen LogP contribution in [0, 0.1) is 17.2 Å². The van der Waals surface area contributed by atoms with Gasteiger partial charge in [-0.1, -0.05) is 26.0 Å². The van der Waals surface area contributed by atoms with Crippen molar-refractivity contribution >= 4 is 17.7 Å². The number of likely N-dealkylation sites (tertiary alicyclic amines) is 1. The van der Waals surface area contributed by atoms with Crippen LogP contribution in [-0.2, 0) is 23.1 Å². The molecule has 2 aromatic carbocycles. The number of carbonyl (C=O) groups is 3. The molecule has 3 aromatic rings. The molecule has 0 spiro atoms. The monoisotopic (exact) mass is 625 g/mol. The van der Waals surface area contributed by atoms with Gasteiger partial charge in [0.05, 0.1) is 18.0 Å². The number of rotatable bonds is 9. The maximum absolute atomic E-state index is 13.3. The van der Waals surface area contributed by atoms with Crippen molar-refractivity contribution in [3.8, 4) is 6.07 Å². The third-order valence-corrected chi connectivity index (χ3v) is 9.42. The van der Waals surface area contributed by atoms with Gasteiger partial charge in [-0.25, -0.2) is 5.10 Å². The van der Waals surface area contributed by atoms with E-state index in [2.05, 4.69) is 45.9 Å². The van der Waals surface area contributed by atoms with E-state index < -0.39 is 11.5 Å². The van der Waals surface area contributed by atoms with Crippen LogP contribution in [0.4, 0.5) is 0 Å². The highest BCUT2D eigenvalue weighted by molar-refractivity contribution is 5.95. The van der Waals surface area contributed by atoms with Crippen molar-refractivity contribution < 1.29 is 14.4 Å². The molecule has 0 saturated carbocycles. The van der Waals surface area contributed by atoms with Crippen molar-refractivity contribution in [2.75, 3.05) is 41.3 Å². The number of aromatic nitrogens is 4. The number of fused-ring (bicyclic) bond motifs is 2. The predicted molar refractivity (Wildman–Crippen MR) is 172 cm³/mol. The lowest BCUT2D eigenvalue weighted by molar-refractivity contribution is -0.130. The minimum Gasteiger partial charge on any atom is -0.345 e. The first-order valence-corrected chi connectivity index (χ1v) is 15.8. The molecule has 12 nitrogen and oxygen atoms in total. The zero-order valence-corrected chi connectivity index (χ0v) is 27.5. The van der Waals surface area contributed by atoms with Crippen LogP contribution in [0.15, 0.2) is 36.4 Å². The van der Waals surface area contributed by atoms with Crippen molar-refractivity contribution in [1.82, 2.24) is 40.6 Å². The number of nitriles is 1. The average molecular weight is 626 g/mol. The van der Waals surface area contributed by atoms with Gasteiger partial charge in [-0.3, -0.25) is 14.4 Å². The van der Waals surface area contributed by atoms with Gasteiger partial charge in [0.25, 0.3) is 11.8 Å². The largest absolute Gasteiger partial charge is 0.345 e. The number of carbonyl (C=O) groups excluding carboxylic acids is 3. The first-order valence-electron chi connectivity index (χ1n) is 15.8. The molecule has 0 unspecified atom stereocenters. The van der Waals surface area contributed by atoms with E-state index in [9.17, 15) is 19.6 Å². The number of nitrogens with one attached hydrogen (secondary N) is 2. The lowest BCUT2D eigenvalue weighted by atomic mass is 9.66. The Hall–Kier alpha value is -4.63. The van der Waals surface area contributed by atoms with Crippen LogP contribution in [-0.4, -0.2) is 106 Å². The normalized spacial score (nSPS) is 17.4. The van der Waals surface area contributed by atoms with E-state index in [1.807, 2.05) is 36.4 Å². The fraction of sp³-hybridized carbons (Fsp3) is 0.500. The Bertz CT molecular complexity index is 1570. The van der Waals surface area contributed by atoms with Crippen LogP contribution in [0.25, 0.3) is 0 Å². The third-order valence-electron chi connectivity index (χ3n) is 9.42. The highest BCUT2D eigenvalue weighted by atomic mass is 16.2. The molecule has 5 rings (SSSR count). The number of aromatic amines is 1. The summed E-state index contributed by atoms with van der Waals surface area (Å²) in [5.41, 5.74) is 4.19. The predicted octanol–water partition coefficient (Wildman–Crippen LogP) is 2.56. The SMILES string of the molecule is CC(C)[C@H](CC1(c2nnn[nH]2)c2ccc(C(=O)N(C)C)cc2CCc2cc(C(=O)N(C)C)ccc21)NCC(=O)N1CCC[C@H]1C#N. The van der Waals surface area contributed by atoms with Gasteiger partial charge in [0.1, 0.15) is 6.04 Å². The van der Waals surface area contributed by atoms with Crippen LogP contribution in [0.3, 0.4) is 0 Å². The molecule has 0 radical (unpaired) electrons. The number of hydrogen-bond acceptors (Lipinski definition) is 8. The number of nitrogens with zero attached hydrogens (tertiary/aromatic N) is 7. The molecule has 242 valence electrons. The number of H-pyrrole nitrogens is 1. The van der Waals surface area contributed by atoms with Gasteiger partial charge in [-0.2, -0.15) is 5.26 Å². The second kappa shape index (κ2) is 13.4. The van der Waals surface area contributed by atoms with Gasteiger partial charge in [0.2, 0.25) is 5.91 Å². The van der Waals surface area contributed by atoms with E-state index in [4.69, 9.17) is 0 Å². The fourth-order valence-electron chi connectivity index (χ4n) is 6.94. The van der Waals surface area contributed by atoms with E-state index in [1.165, 1.54) is 0 Å².